The number of benzene rings is 3. The molecule has 0 aromatic heterocycles. The molecule has 3 N–H and O–H groups in total. The number of fused-ring (bicyclic) bond motifs is 1. The smallest absolute Gasteiger partial charge is 0.243 e. The van der Waals surface area contributed by atoms with Crippen molar-refractivity contribution in [1.82, 2.24) is 9.62 Å². The van der Waals surface area contributed by atoms with Gasteiger partial charge in [-0.3, -0.25) is 5.32 Å². The minimum atomic E-state index is -3.80. The molecule has 220 valence electrons. The predicted molar refractivity (Wildman–Crippen MR) is 163 cm³/mol. The van der Waals surface area contributed by atoms with Crippen LogP contribution in [0.4, 0.5) is 5.69 Å². The molecule has 2 atom stereocenters. The highest BCUT2D eigenvalue weighted by Crippen LogP contribution is 2.43. The van der Waals surface area contributed by atoms with E-state index in [1.807, 2.05) is 24.4 Å². The molecule has 42 heavy (non-hydrogen) atoms. The second-order valence-corrected chi connectivity index (χ2v) is 13.6. The number of anilines is 1. The third kappa shape index (κ3) is 6.55. The van der Waals surface area contributed by atoms with E-state index in [4.69, 9.17) is 16.3 Å². The summed E-state index contributed by atoms with van der Waals surface area (Å²) in [6, 6.07) is 20.9. The van der Waals surface area contributed by atoms with Gasteiger partial charge in [-0.1, -0.05) is 41.9 Å². The third-order valence-corrected chi connectivity index (χ3v) is 9.96. The molecule has 0 saturated carbocycles. The first-order valence-electron chi connectivity index (χ1n) is 13.9. The Hall–Kier alpha value is -3.62. The number of guanidine groups is 1. The fourth-order valence-electron chi connectivity index (χ4n) is 5.45. The molecule has 0 spiro atoms. The highest BCUT2D eigenvalue weighted by Gasteiger charge is 2.44. The minimum Gasteiger partial charge on any atom is -0.485 e. The molecule has 5 rings (SSSR count). The highest BCUT2D eigenvalue weighted by molar-refractivity contribution is 7.89. The summed E-state index contributed by atoms with van der Waals surface area (Å²) >= 11 is 5.99. The summed E-state index contributed by atoms with van der Waals surface area (Å²) in [5, 5.41) is 26.8. The van der Waals surface area contributed by atoms with Gasteiger partial charge >= 0.3 is 0 Å². The van der Waals surface area contributed by atoms with Gasteiger partial charge in [0.25, 0.3) is 0 Å². The molecule has 2 aliphatic heterocycles. The van der Waals surface area contributed by atoms with E-state index in [1.54, 1.807) is 50.2 Å². The van der Waals surface area contributed by atoms with Gasteiger partial charge in [0.1, 0.15) is 23.5 Å². The standard InChI is InChI=1S/C31H34ClN5O4S/c1-31(2)29(38)28(36-30(34-20-33)35-24-10-8-23(32)9-11-24)26-19-25(12-13-27(26)41-31)42(39,40)37-16-14-22(15-17-37)18-21-6-4-3-5-7-21/h3-13,19,22,28-29,38H,14-18H2,1-2H3,(H2,34,35,36). The van der Waals surface area contributed by atoms with Crippen LogP contribution in [0.3, 0.4) is 0 Å². The van der Waals surface area contributed by atoms with Gasteiger partial charge < -0.3 is 15.2 Å². The van der Waals surface area contributed by atoms with Crippen molar-refractivity contribution in [2.45, 2.75) is 55.8 Å². The number of aliphatic imine (C=N–C) groups is 1. The summed E-state index contributed by atoms with van der Waals surface area (Å²) in [7, 11) is -3.80. The molecule has 0 amide bonds. The Balaban J connectivity index is 1.41. The molecule has 11 heteroatoms. The van der Waals surface area contributed by atoms with E-state index in [0.29, 0.717) is 41.0 Å². The molecule has 3 aromatic rings. The van der Waals surface area contributed by atoms with E-state index < -0.39 is 27.8 Å². The average molecular weight is 608 g/mol. The molecular weight excluding hydrogens is 574 g/mol. The number of rotatable bonds is 6. The Morgan fingerprint density at radius 3 is 2.48 bits per heavy atom. The van der Waals surface area contributed by atoms with Crippen molar-refractivity contribution in [3.63, 3.8) is 0 Å². The number of sulfonamides is 1. The van der Waals surface area contributed by atoms with Crippen LogP contribution in [0.15, 0.2) is 82.7 Å². The summed E-state index contributed by atoms with van der Waals surface area (Å²) in [6.45, 7) is 4.34. The van der Waals surface area contributed by atoms with Crippen LogP contribution in [-0.2, 0) is 16.4 Å². The summed E-state index contributed by atoms with van der Waals surface area (Å²) in [5.74, 6) is 0.926. The second kappa shape index (κ2) is 12.3. The number of ether oxygens (including phenoxy) is 1. The number of piperidine rings is 1. The van der Waals surface area contributed by atoms with Gasteiger partial charge in [0, 0.05) is 29.4 Å². The van der Waals surface area contributed by atoms with E-state index in [2.05, 4.69) is 27.8 Å². The van der Waals surface area contributed by atoms with Gasteiger partial charge in [-0.2, -0.15) is 9.57 Å². The minimum absolute atomic E-state index is 0.0845. The second-order valence-electron chi connectivity index (χ2n) is 11.2. The molecule has 2 heterocycles. The van der Waals surface area contributed by atoms with Crippen molar-refractivity contribution in [1.29, 1.82) is 5.26 Å². The van der Waals surface area contributed by atoms with Crippen LogP contribution in [0.5, 0.6) is 5.75 Å². The van der Waals surface area contributed by atoms with E-state index in [-0.39, 0.29) is 10.9 Å². The molecule has 0 radical (unpaired) electrons. The molecule has 2 aliphatic rings. The molecular formula is C31H34ClN5O4S. The van der Waals surface area contributed by atoms with Crippen molar-refractivity contribution in [2.24, 2.45) is 10.9 Å². The van der Waals surface area contributed by atoms with E-state index in [1.165, 1.54) is 15.9 Å². The lowest BCUT2D eigenvalue weighted by atomic mass is 9.87. The van der Waals surface area contributed by atoms with Gasteiger partial charge in [-0.15, -0.1) is 0 Å². The molecule has 1 fully saturated rings. The van der Waals surface area contributed by atoms with Crippen LogP contribution in [-0.4, -0.2) is 48.6 Å². The monoisotopic (exact) mass is 607 g/mol. The first-order valence-corrected chi connectivity index (χ1v) is 15.7. The first-order chi connectivity index (χ1) is 20.1. The molecule has 9 nitrogen and oxygen atoms in total. The Kier molecular flexibility index (Phi) is 8.76. The third-order valence-electron chi connectivity index (χ3n) is 7.81. The number of hydrogen-bond acceptors (Lipinski definition) is 6. The van der Waals surface area contributed by atoms with Crippen molar-refractivity contribution in [2.75, 3.05) is 18.4 Å². The first kappa shape index (κ1) is 29.9. The van der Waals surface area contributed by atoms with Crippen LogP contribution < -0.4 is 15.4 Å². The van der Waals surface area contributed by atoms with Gasteiger partial charge in [0.2, 0.25) is 16.0 Å². The fraction of sp³-hybridized carbons (Fsp3) is 0.355. The van der Waals surface area contributed by atoms with Crippen LogP contribution in [0.2, 0.25) is 5.02 Å². The Labute approximate surface area is 251 Å². The van der Waals surface area contributed by atoms with Crippen molar-refractivity contribution in [3.8, 4) is 11.9 Å². The number of nitriles is 1. The average Bonchev–Trinajstić information content (AvgIpc) is 2.97. The normalized spacial score (nSPS) is 21.1. The number of hydrogen-bond donors (Lipinski definition) is 3. The van der Waals surface area contributed by atoms with Crippen LogP contribution >= 0.6 is 11.6 Å². The Morgan fingerprint density at radius 2 is 1.81 bits per heavy atom. The number of aliphatic hydroxyl groups is 1. The maximum atomic E-state index is 13.8. The van der Waals surface area contributed by atoms with Crippen molar-refractivity contribution >= 4 is 33.3 Å². The van der Waals surface area contributed by atoms with Gasteiger partial charge in [-0.05, 0) is 87.1 Å². The Morgan fingerprint density at radius 1 is 1.12 bits per heavy atom. The largest absolute Gasteiger partial charge is 0.485 e. The van der Waals surface area contributed by atoms with Crippen LogP contribution in [0, 0.1) is 17.4 Å². The molecule has 0 aliphatic carbocycles. The summed E-state index contributed by atoms with van der Waals surface area (Å²) in [4.78, 5) is 4.76. The Bertz CT molecular complexity index is 1580. The number of nitrogens with one attached hydrogen (secondary N) is 2. The zero-order valence-electron chi connectivity index (χ0n) is 23.5. The quantitative estimate of drug-likeness (QED) is 0.154. The van der Waals surface area contributed by atoms with Crippen LogP contribution in [0.25, 0.3) is 0 Å². The number of nitrogens with zero attached hydrogens (tertiary/aromatic N) is 3. The lowest BCUT2D eigenvalue weighted by molar-refractivity contribution is -0.0568. The number of halogens is 1. The lowest BCUT2D eigenvalue weighted by Gasteiger charge is -2.41. The summed E-state index contributed by atoms with van der Waals surface area (Å²) in [5.41, 5.74) is 1.27. The summed E-state index contributed by atoms with van der Waals surface area (Å²) < 4.78 is 35.1. The number of aliphatic hydroxyl groups excluding tert-OH is 1. The van der Waals surface area contributed by atoms with E-state index >= 15 is 0 Å². The fourth-order valence-corrected chi connectivity index (χ4v) is 7.08. The highest BCUT2D eigenvalue weighted by atomic mass is 35.5. The molecule has 2 unspecified atom stereocenters. The maximum absolute atomic E-state index is 13.8. The SMILES string of the molecule is CC1(C)Oc2ccc(S(=O)(=O)N3CCC(Cc4ccccc4)CC3)cc2C(/N=C(/NC#N)Nc2ccc(Cl)cc2)C1O. The van der Waals surface area contributed by atoms with Gasteiger partial charge in [0.05, 0.1) is 4.90 Å². The van der Waals surface area contributed by atoms with Gasteiger partial charge in [-0.25, -0.2) is 13.4 Å². The topological polar surface area (TPSA) is 127 Å². The molecule has 0 bridgehead atoms. The van der Waals surface area contributed by atoms with Crippen molar-refractivity contribution in [3.05, 3.63) is 88.9 Å². The molecule has 1 saturated heterocycles. The predicted octanol–water partition coefficient (Wildman–Crippen LogP) is 5.10. The van der Waals surface area contributed by atoms with Crippen LogP contribution in [0.1, 0.15) is 43.9 Å². The van der Waals surface area contributed by atoms with E-state index in [9.17, 15) is 18.8 Å². The zero-order chi connectivity index (χ0) is 29.9. The maximum Gasteiger partial charge on any atom is 0.243 e. The van der Waals surface area contributed by atoms with Gasteiger partial charge in [0.15, 0.2) is 6.19 Å². The van der Waals surface area contributed by atoms with Crippen molar-refractivity contribution < 1.29 is 18.3 Å². The molecule has 3 aromatic carbocycles. The zero-order valence-corrected chi connectivity index (χ0v) is 25.1. The lowest BCUT2D eigenvalue weighted by Crippen LogP contribution is -2.49. The van der Waals surface area contributed by atoms with E-state index in [0.717, 1.165) is 19.3 Å². The summed E-state index contributed by atoms with van der Waals surface area (Å²) in [6.07, 6.45) is 3.21.